The summed E-state index contributed by atoms with van der Waals surface area (Å²) in [5, 5.41) is 11.6. The van der Waals surface area contributed by atoms with Gasteiger partial charge in [-0.05, 0) is 81.1 Å². The molecular weight excluding hydrogens is 516 g/mol. The van der Waals surface area contributed by atoms with Crippen molar-refractivity contribution in [2.24, 2.45) is 0 Å². The van der Waals surface area contributed by atoms with Crippen LogP contribution in [0.5, 0.6) is 0 Å². The molecule has 1 heterocycles. The highest BCUT2D eigenvalue weighted by Crippen LogP contribution is 2.42. The largest absolute Gasteiger partial charge is 0.504 e. The number of aliphatic hydroxyl groups is 1. The molecule has 0 aromatic heterocycles. The maximum absolute atomic E-state index is 14.1. The highest BCUT2D eigenvalue weighted by Gasteiger charge is 2.45. The third-order valence-corrected chi connectivity index (χ3v) is 9.10. The fourth-order valence-corrected chi connectivity index (χ4v) is 6.65. The number of carbonyl (C=O) groups excluding carboxylic acids is 2. The molecule has 2 aliphatic carbocycles. The SMILES string of the molecule is C#CC1=C([C@H](c2ccccc2CC)N2CN(C3CCC(S)CC3)C(=O)/C(=C(\O)C(=O)/C=C\CC)C2C)CCC=C1. The van der Waals surface area contributed by atoms with Gasteiger partial charge >= 0.3 is 0 Å². The molecule has 2 atom stereocenters. The first-order valence-corrected chi connectivity index (χ1v) is 15.2. The van der Waals surface area contributed by atoms with Crippen molar-refractivity contribution in [1.82, 2.24) is 9.80 Å². The summed E-state index contributed by atoms with van der Waals surface area (Å²) in [5.74, 6) is 1.67. The van der Waals surface area contributed by atoms with Crippen LogP contribution in [-0.2, 0) is 16.0 Å². The predicted octanol–water partition coefficient (Wildman–Crippen LogP) is 6.65. The second-order valence-corrected chi connectivity index (χ2v) is 11.7. The quantitative estimate of drug-likeness (QED) is 0.162. The second kappa shape index (κ2) is 13.6. The summed E-state index contributed by atoms with van der Waals surface area (Å²) in [6, 6.07) is 7.72. The maximum atomic E-state index is 14.1. The molecule has 1 amide bonds. The Balaban J connectivity index is 1.91. The van der Waals surface area contributed by atoms with Gasteiger partial charge in [0.05, 0.1) is 18.3 Å². The maximum Gasteiger partial charge on any atom is 0.256 e. The first kappa shape index (κ1) is 30.0. The first-order chi connectivity index (χ1) is 19.3. The summed E-state index contributed by atoms with van der Waals surface area (Å²) in [4.78, 5) is 31.3. The molecule has 1 saturated carbocycles. The van der Waals surface area contributed by atoms with Gasteiger partial charge in [-0.3, -0.25) is 14.5 Å². The van der Waals surface area contributed by atoms with Crippen molar-refractivity contribution in [1.29, 1.82) is 0 Å². The molecular formula is C34H42N2O3S. The molecule has 0 radical (unpaired) electrons. The van der Waals surface area contributed by atoms with E-state index in [1.54, 1.807) is 6.08 Å². The predicted molar refractivity (Wildman–Crippen MR) is 165 cm³/mol. The van der Waals surface area contributed by atoms with Gasteiger partial charge in [0.2, 0.25) is 5.78 Å². The molecule has 4 rings (SSSR count). The lowest BCUT2D eigenvalue weighted by atomic mass is 9.83. The monoisotopic (exact) mass is 558 g/mol. The molecule has 1 aliphatic heterocycles. The topological polar surface area (TPSA) is 60.9 Å². The van der Waals surface area contributed by atoms with Crippen LogP contribution in [0, 0.1) is 12.3 Å². The van der Waals surface area contributed by atoms with Crippen LogP contribution in [0.2, 0.25) is 0 Å². The lowest BCUT2D eigenvalue weighted by Gasteiger charge is -2.49. The Morgan fingerprint density at radius 2 is 1.95 bits per heavy atom. The number of allylic oxidation sites excluding steroid dienone is 5. The summed E-state index contributed by atoms with van der Waals surface area (Å²) in [6.45, 7) is 6.40. The lowest BCUT2D eigenvalue weighted by Crippen LogP contribution is -2.59. The molecule has 0 bridgehead atoms. The molecule has 6 heteroatoms. The van der Waals surface area contributed by atoms with Crippen molar-refractivity contribution < 1.29 is 14.7 Å². The fourth-order valence-electron chi connectivity index (χ4n) is 6.35. The van der Waals surface area contributed by atoms with Crippen LogP contribution in [0.4, 0.5) is 0 Å². The van der Waals surface area contributed by atoms with Gasteiger partial charge in [-0.1, -0.05) is 62.3 Å². The molecule has 1 unspecified atom stereocenters. The number of aliphatic hydroxyl groups excluding tert-OH is 1. The number of terminal acetylenes is 1. The number of hydrogen-bond acceptors (Lipinski definition) is 5. The minimum absolute atomic E-state index is 0.0180. The molecule has 40 heavy (non-hydrogen) atoms. The number of benzene rings is 1. The third-order valence-electron chi connectivity index (χ3n) is 8.58. The van der Waals surface area contributed by atoms with Crippen molar-refractivity contribution in [2.75, 3.05) is 6.67 Å². The molecule has 1 saturated heterocycles. The van der Waals surface area contributed by atoms with Crippen molar-refractivity contribution in [3.63, 3.8) is 0 Å². The molecule has 1 N–H and O–H groups in total. The highest BCUT2D eigenvalue weighted by atomic mass is 32.1. The van der Waals surface area contributed by atoms with Gasteiger partial charge in [-0.25, -0.2) is 0 Å². The van der Waals surface area contributed by atoms with Gasteiger partial charge in [0.15, 0.2) is 5.76 Å². The smallest absolute Gasteiger partial charge is 0.256 e. The van der Waals surface area contributed by atoms with Crippen LogP contribution in [0.15, 0.2) is 71.0 Å². The van der Waals surface area contributed by atoms with Crippen molar-refractivity contribution in [2.45, 2.75) is 95.5 Å². The van der Waals surface area contributed by atoms with E-state index < -0.39 is 17.6 Å². The van der Waals surface area contributed by atoms with E-state index in [0.717, 1.165) is 61.7 Å². The molecule has 1 aromatic carbocycles. The number of rotatable bonds is 8. The minimum atomic E-state index is -0.535. The number of thiol groups is 1. The van der Waals surface area contributed by atoms with Crippen LogP contribution < -0.4 is 0 Å². The van der Waals surface area contributed by atoms with Crippen LogP contribution in [0.3, 0.4) is 0 Å². The van der Waals surface area contributed by atoms with E-state index >= 15 is 0 Å². The van der Waals surface area contributed by atoms with E-state index in [4.69, 9.17) is 6.42 Å². The Morgan fingerprint density at radius 1 is 1.23 bits per heavy atom. The zero-order valence-corrected chi connectivity index (χ0v) is 24.9. The molecule has 1 aromatic rings. The Labute approximate surface area is 245 Å². The molecule has 212 valence electrons. The van der Waals surface area contributed by atoms with Crippen LogP contribution in [0.25, 0.3) is 0 Å². The van der Waals surface area contributed by atoms with Gasteiger partial charge in [-0.15, -0.1) is 6.42 Å². The Morgan fingerprint density at radius 3 is 2.62 bits per heavy atom. The Kier molecular flexibility index (Phi) is 10.2. The summed E-state index contributed by atoms with van der Waals surface area (Å²) < 4.78 is 0. The average Bonchev–Trinajstić information content (AvgIpc) is 2.98. The summed E-state index contributed by atoms with van der Waals surface area (Å²) in [7, 11) is 0. The van der Waals surface area contributed by atoms with E-state index in [1.807, 2.05) is 24.8 Å². The van der Waals surface area contributed by atoms with Crippen molar-refractivity contribution in [3.05, 3.63) is 82.2 Å². The van der Waals surface area contributed by atoms with Gasteiger partial charge < -0.3 is 10.0 Å². The summed E-state index contributed by atoms with van der Waals surface area (Å²) >= 11 is 4.68. The molecule has 5 nitrogen and oxygen atoms in total. The van der Waals surface area contributed by atoms with E-state index in [0.29, 0.717) is 18.3 Å². The van der Waals surface area contributed by atoms with Crippen LogP contribution >= 0.6 is 12.6 Å². The van der Waals surface area contributed by atoms with Gasteiger partial charge in [0.25, 0.3) is 5.91 Å². The molecule has 0 spiro atoms. The van der Waals surface area contributed by atoms with E-state index in [9.17, 15) is 14.7 Å². The first-order valence-electron chi connectivity index (χ1n) is 14.6. The minimum Gasteiger partial charge on any atom is -0.504 e. The number of amides is 1. The zero-order chi connectivity index (χ0) is 28.8. The second-order valence-electron chi connectivity index (χ2n) is 11.0. The third kappa shape index (κ3) is 6.16. The number of nitrogens with zero attached hydrogens (tertiary/aromatic N) is 2. The summed E-state index contributed by atoms with van der Waals surface area (Å²) in [6.07, 6.45) is 20.0. The standard InChI is InChI=1S/C34H42N2O3S/c1-5-8-17-30(37)33(38)31-23(4)35(22-36(34(31)39)26-18-20-27(40)21-19-26)32(28-15-11-9-13-24(28)6-2)29-16-12-10-14-25(29)7-3/h2,8-10,12-14,16-17,23,26-27,32,38,40H,5,7,11,15,18-22H2,1,3-4H3/b17-8-,33-31-/t23?,26?,27?,32-/m1/s1. The van der Waals surface area contributed by atoms with Crippen molar-refractivity contribution >= 4 is 24.3 Å². The lowest BCUT2D eigenvalue weighted by molar-refractivity contribution is -0.139. The van der Waals surface area contributed by atoms with Gasteiger partial charge in [0.1, 0.15) is 0 Å². The Bertz CT molecular complexity index is 1280. The van der Waals surface area contributed by atoms with E-state index in [1.165, 1.54) is 11.6 Å². The number of ketones is 1. The molecule has 2 fully saturated rings. The van der Waals surface area contributed by atoms with E-state index in [-0.39, 0.29) is 23.6 Å². The number of carbonyl (C=O) groups is 2. The van der Waals surface area contributed by atoms with Crippen LogP contribution in [0.1, 0.15) is 82.9 Å². The number of hydrogen-bond donors (Lipinski definition) is 2. The fraction of sp³-hybridized carbons (Fsp3) is 0.471. The zero-order valence-electron chi connectivity index (χ0n) is 24.0. The van der Waals surface area contributed by atoms with Crippen LogP contribution in [-0.4, -0.2) is 50.6 Å². The highest BCUT2D eigenvalue weighted by molar-refractivity contribution is 7.80. The average molecular weight is 559 g/mol. The normalized spacial score (nSPS) is 26.2. The van der Waals surface area contributed by atoms with Gasteiger partial charge in [0, 0.05) is 22.9 Å². The Hall–Kier alpha value is -3.01. The number of aryl methyl sites for hydroxylation is 1. The van der Waals surface area contributed by atoms with Gasteiger partial charge in [-0.2, -0.15) is 12.6 Å². The van der Waals surface area contributed by atoms with Crippen molar-refractivity contribution in [3.8, 4) is 12.3 Å². The van der Waals surface area contributed by atoms with E-state index in [2.05, 4.69) is 60.7 Å². The summed E-state index contributed by atoms with van der Waals surface area (Å²) in [5.41, 5.74) is 4.54. The molecule has 3 aliphatic rings.